The van der Waals surface area contributed by atoms with E-state index in [1.54, 1.807) is 18.2 Å². The van der Waals surface area contributed by atoms with Crippen LogP contribution in [0.4, 0.5) is 10.8 Å². The van der Waals surface area contributed by atoms with Crippen LogP contribution < -0.4 is 20.1 Å². The largest absolute Gasteiger partial charge is 0.490 e. The van der Waals surface area contributed by atoms with Gasteiger partial charge in [-0.05, 0) is 44.2 Å². The van der Waals surface area contributed by atoms with Crippen molar-refractivity contribution in [2.45, 2.75) is 18.2 Å². The van der Waals surface area contributed by atoms with Gasteiger partial charge in [-0.1, -0.05) is 41.3 Å². The van der Waals surface area contributed by atoms with Crippen LogP contribution in [0.5, 0.6) is 11.5 Å². The Labute approximate surface area is 188 Å². The van der Waals surface area contributed by atoms with E-state index in [9.17, 15) is 9.59 Å². The standard InChI is InChI=1S/C21H22N4O4S2/c1-3-28-16-11-10-14(12-17(16)29-4-2)19(27)23-20-24-25-21(31-20)30-13-18(26)22-15-8-6-5-7-9-15/h5-12H,3-4,13H2,1-2H3,(H,22,26)(H,23,24,27). The summed E-state index contributed by atoms with van der Waals surface area (Å²) in [5, 5.41) is 13.9. The van der Waals surface area contributed by atoms with Gasteiger partial charge in [-0.3, -0.25) is 14.9 Å². The molecule has 3 aromatic rings. The third kappa shape index (κ3) is 6.69. The van der Waals surface area contributed by atoms with Crippen molar-refractivity contribution in [1.29, 1.82) is 0 Å². The highest BCUT2D eigenvalue weighted by molar-refractivity contribution is 8.01. The molecule has 0 aliphatic carbocycles. The van der Waals surface area contributed by atoms with Crippen molar-refractivity contribution in [1.82, 2.24) is 10.2 Å². The Bertz CT molecular complexity index is 1030. The summed E-state index contributed by atoms with van der Waals surface area (Å²) in [6.45, 7) is 4.70. The Morgan fingerprint density at radius 1 is 0.968 bits per heavy atom. The summed E-state index contributed by atoms with van der Waals surface area (Å²) in [5.74, 6) is 0.807. The average Bonchev–Trinajstić information content (AvgIpc) is 3.22. The van der Waals surface area contributed by atoms with E-state index in [0.717, 1.165) is 5.69 Å². The molecule has 0 aliphatic heterocycles. The number of ether oxygens (including phenoxy) is 2. The van der Waals surface area contributed by atoms with Gasteiger partial charge in [0.1, 0.15) is 0 Å². The quantitative estimate of drug-likeness (QED) is 0.345. The van der Waals surface area contributed by atoms with E-state index in [4.69, 9.17) is 9.47 Å². The van der Waals surface area contributed by atoms with Crippen molar-refractivity contribution in [2.75, 3.05) is 29.6 Å². The zero-order valence-corrected chi connectivity index (χ0v) is 18.7. The van der Waals surface area contributed by atoms with Crippen LogP contribution in [0.15, 0.2) is 52.9 Å². The summed E-state index contributed by atoms with van der Waals surface area (Å²) in [5.41, 5.74) is 1.15. The second-order valence-corrected chi connectivity index (χ2v) is 8.26. The number of nitrogens with zero attached hydrogens (tertiary/aromatic N) is 2. The Morgan fingerprint density at radius 3 is 2.45 bits per heavy atom. The first-order valence-electron chi connectivity index (χ1n) is 9.61. The van der Waals surface area contributed by atoms with Crippen LogP contribution in [0.3, 0.4) is 0 Å². The fourth-order valence-corrected chi connectivity index (χ4v) is 4.07. The van der Waals surface area contributed by atoms with Gasteiger partial charge in [-0.2, -0.15) is 0 Å². The Kier molecular flexibility index (Phi) is 8.25. The summed E-state index contributed by atoms with van der Waals surface area (Å²) >= 11 is 2.46. The Morgan fingerprint density at radius 2 is 1.71 bits per heavy atom. The van der Waals surface area contributed by atoms with Crippen LogP contribution >= 0.6 is 23.1 Å². The molecule has 8 nitrogen and oxygen atoms in total. The fourth-order valence-electron chi connectivity index (χ4n) is 2.53. The number of aromatic nitrogens is 2. The molecule has 0 spiro atoms. The molecule has 2 N–H and O–H groups in total. The van der Waals surface area contributed by atoms with Crippen molar-refractivity contribution >= 4 is 45.7 Å². The molecule has 0 bridgehead atoms. The SMILES string of the molecule is CCOc1ccc(C(=O)Nc2nnc(SCC(=O)Nc3ccccc3)s2)cc1OCC. The van der Waals surface area contributed by atoms with E-state index in [1.807, 2.05) is 44.2 Å². The van der Waals surface area contributed by atoms with Gasteiger partial charge in [0.2, 0.25) is 11.0 Å². The molecule has 3 rings (SSSR count). The molecule has 0 saturated heterocycles. The van der Waals surface area contributed by atoms with E-state index in [1.165, 1.54) is 23.1 Å². The molecule has 0 atom stereocenters. The molecule has 31 heavy (non-hydrogen) atoms. The molecule has 0 unspecified atom stereocenters. The number of rotatable bonds is 10. The summed E-state index contributed by atoms with van der Waals surface area (Å²) in [7, 11) is 0. The predicted octanol–water partition coefficient (Wildman–Crippen LogP) is 4.32. The van der Waals surface area contributed by atoms with Crippen LogP contribution in [-0.4, -0.2) is 41.0 Å². The molecule has 162 valence electrons. The zero-order chi connectivity index (χ0) is 22.1. The van der Waals surface area contributed by atoms with Gasteiger partial charge in [-0.15, -0.1) is 10.2 Å². The van der Waals surface area contributed by atoms with E-state index in [0.29, 0.717) is 39.7 Å². The Balaban J connectivity index is 1.56. The highest BCUT2D eigenvalue weighted by Crippen LogP contribution is 2.30. The van der Waals surface area contributed by atoms with E-state index >= 15 is 0 Å². The number of benzene rings is 2. The molecule has 1 aromatic heterocycles. The maximum Gasteiger partial charge on any atom is 0.257 e. The number of amides is 2. The molecule has 10 heteroatoms. The van der Waals surface area contributed by atoms with Crippen molar-refractivity contribution in [3.63, 3.8) is 0 Å². The summed E-state index contributed by atoms with van der Waals surface area (Å²) in [6, 6.07) is 14.2. The third-order valence-corrected chi connectivity index (χ3v) is 5.79. The number of thioether (sulfide) groups is 1. The minimum absolute atomic E-state index is 0.144. The molecular weight excluding hydrogens is 436 g/mol. The first-order chi connectivity index (χ1) is 15.1. The summed E-state index contributed by atoms with van der Waals surface area (Å²) < 4.78 is 11.7. The molecule has 0 saturated carbocycles. The molecule has 0 aliphatic rings. The smallest absolute Gasteiger partial charge is 0.257 e. The summed E-state index contributed by atoms with van der Waals surface area (Å²) in [4.78, 5) is 24.6. The predicted molar refractivity (Wildman–Crippen MR) is 122 cm³/mol. The average molecular weight is 459 g/mol. The van der Waals surface area contributed by atoms with Gasteiger partial charge >= 0.3 is 0 Å². The van der Waals surface area contributed by atoms with Crippen LogP contribution in [0.2, 0.25) is 0 Å². The number of anilines is 2. The molecule has 0 radical (unpaired) electrons. The van der Waals surface area contributed by atoms with Gasteiger partial charge in [0.05, 0.1) is 19.0 Å². The normalized spacial score (nSPS) is 10.4. The molecule has 2 amide bonds. The lowest BCUT2D eigenvalue weighted by molar-refractivity contribution is -0.113. The van der Waals surface area contributed by atoms with Crippen molar-refractivity contribution in [2.24, 2.45) is 0 Å². The van der Waals surface area contributed by atoms with Gasteiger partial charge in [0, 0.05) is 11.3 Å². The Hall–Kier alpha value is -3.11. The molecule has 2 aromatic carbocycles. The number of hydrogen-bond donors (Lipinski definition) is 2. The van der Waals surface area contributed by atoms with Crippen LogP contribution in [0.1, 0.15) is 24.2 Å². The van der Waals surface area contributed by atoms with Crippen molar-refractivity contribution < 1.29 is 19.1 Å². The number of nitrogens with one attached hydrogen (secondary N) is 2. The second-order valence-electron chi connectivity index (χ2n) is 6.06. The number of hydrogen-bond acceptors (Lipinski definition) is 8. The number of carbonyl (C=O) groups excluding carboxylic acids is 2. The van der Waals surface area contributed by atoms with Crippen molar-refractivity contribution in [3.05, 3.63) is 54.1 Å². The molecule has 0 fully saturated rings. The maximum absolute atomic E-state index is 12.6. The fraction of sp³-hybridized carbons (Fsp3) is 0.238. The van der Waals surface area contributed by atoms with Crippen LogP contribution in [0.25, 0.3) is 0 Å². The lowest BCUT2D eigenvalue weighted by Gasteiger charge is -2.12. The number of carbonyl (C=O) groups is 2. The molecular formula is C21H22N4O4S2. The lowest BCUT2D eigenvalue weighted by Crippen LogP contribution is -2.13. The second kappa shape index (κ2) is 11.3. The van der Waals surface area contributed by atoms with Crippen molar-refractivity contribution in [3.8, 4) is 11.5 Å². The summed E-state index contributed by atoms with van der Waals surface area (Å²) in [6.07, 6.45) is 0. The highest BCUT2D eigenvalue weighted by Gasteiger charge is 2.15. The third-order valence-electron chi connectivity index (χ3n) is 3.82. The van der Waals surface area contributed by atoms with Gasteiger partial charge in [0.25, 0.3) is 5.91 Å². The molecule has 1 heterocycles. The van der Waals surface area contributed by atoms with Gasteiger partial charge in [0.15, 0.2) is 15.8 Å². The minimum Gasteiger partial charge on any atom is -0.490 e. The topological polar surface area (TPSA) is 102 Å². The van der Waals surface area contributed by atoms with E-state index in [2.05, 4.69) is 20.8 Å². The van der Waals surface area contributed by atoms with E-state index in [-0.39, 0.29) is 17.6 Å². The van der Waals surface area contributed by atoms with Crippen LogP contribution in [0, 0.1) is 0 Å². The van der Waals surface area contributed by atoms with E-state index < -0.39 is 0 Å². The van der Waals surface area contributed by atoms with Crippen LogP contribution in [-0.2, 0) is 4.79 Å². The maximum atomic E-state index is 12.6. The van der Waals surface area contributed by atoms with Gasteiger partial charge in [-0.25, -0.2) is 0 Å². The highest BCUT2D eigenvalue weighted by atomic mass is 32.2. The first-order valence-corrected chi connectivity index (χ1v) is 11.4. The minimum atomic E-state index is -0.335. The van der Waals surface area contributed by atoms with Gasteiger partial charge < -0.3 is 14.8 Å². The lowest BCUT2D eigenvalue weighted by atomic mass is 10.2. The number of para-hydroxylation sites is 1. The zero-order valence-electron chi connectivity index (χ0n) is 17.1. The monoisotopic (exact) mass is 458 g/mol. The first kappa shape index (κ1) is 22.6.